The predicted octanol–water partition coefficient (Wildman–Crippen LogP) is 4.00. The van der Waals surface area contributed by atoms with Gasteiger partial charge >= 0.3 is 0 Å². The van der Waals surface area contributed by atoms with Crippen LogP contribution in [0.5, 0.6) is 0 Å². The van der Waals surface area contributed by atoms with Crippen LogP contribution in [0.15, 0.2) is 53.1 Å². The average molecular weight is 394 g/mol. The Labute approximate surface area is 168 Å². The van der Waals surface area contributed by atoms with Gasteiger partial charge in [-0.3, -0.25) is 9.69 Å². The zero-order valence-electron chi connectivity index (χ0n) is 16.3. The summed E-state index contributed by atoms with van der Waals surface area (Å²) in [5.41, 5.74) is 2.53. The van der Waals surface area contributed by atoms with Crippen LogP contribution in [0, 0.1) is 12.7 Å². The van der Waals surface area contributed by atoms with Crippen LogP contribution in [-0.2, 0) is 4.79 Å². The van der Waals surface area contributed by atoms with E-state index in [9.17, 15) is 9.18 Å². The third-order valence-electron chi connectivity index (χ3n) is 5.13. The molecular formula is C22H23FN4O2. The van der Waals surface area contributed by atoms with E-state index in [4.69, 9.17) is 4.52 Å². The average Bonchev–Trinajstić information content (AvgIpc) is 3.19. The van der Waals surface area contributed by atoms with Crippen molar-refractivity contribution >= 4 is 11.6 Å². The van der Waals surface area contributed by atoms with Gasteiger partial charge in [-0.15, -0.1) is 0 Å². The number of anilines is 1. The van der Waals surface area contributed by atoms with E-state index < -0.39 is 0 Å². The molecule has 0 atom stereocenters. The van der Waals surface area contributed by atoms with Crippen molar-refractivity contribution in [3.05, 3.63) is 65.8 Å². The van der Waals surface area contributed by atoms with Gasteiger partial charge in [0.1, 0.15) is 5.82 Å². The minimum atomic E-state index is -0.328. The van der Waals surface area contributed by atoms with Crippen molar-refractivity contribution in [3.8, 4) is 11.4 Å². The monoisotopic (exact) mass is 394 g/mol. The molecule has 2 aromatic carbocycles. The van der Waals surface area contributed by atoms with E-state index in [0.29, 0.717) is 23.8 Å². The standard InChI is InChI=1S/C22H23FN4O2/c1-15-4-2-7-19(12-15)24-20(28)14-27-10-8-16(9-11-27)22-25-21(26-29-22)17-5-3-6-18(23)13-17/h2-7,12-13,16H,8-11,14H2,1H3,(H,24,28). The van der Waals surface area contributed by atoms with Crippen LogP contribution in [0.4, 0.5) is 10.1 Å². The number of nitrogens with one attached hydrogen (secondary N) is 1. The number of benzene rings is 2. The SMILES string of the molecule is Cc1cccc(NC(=O)CN2CCC(c3nc(-c4cccc(F)c4)no3)CC2)c1. The predicted molar refractivity (Wildman–Crippen MR) is 108 cm³/mol. The first-order chi connectivity index (χ1) is 14.1. The highest BCUT2D eigenvalue weighted by Crippen LogP contribution is 2.28. The third-order valence-corrected chi connectivity index (χ3v) is 5.13. The van der Waals surface area contributed by atoms with Crippen LogP contribution in [0.3, 0.4) is 0 Å². The molecule has 1 aliphatic rings. The second-order valence-corrected chi connectivity index (χ2v) is 7.43. The van der Waals surface area contributed by atoms with Crippen LogP contribution >= 0.6 is 0 Å². The van der Waals surface area contributed by atoms with E-state index in [-0.39, 0.29) is 17.6 Å². The van der Waals surface area contributed by atoms with E-state index in [1.807, 2.05) is 31.2 Å². The van der Waals surface area contributed by atoms with Gasteiger partial charge in [-0.1, -0.05) is 29.4 Å². The molecule has 0 aliphatic carbocycles. The molecule has 3 aromatic rings. The van der Waals surface area contributed by atoms with Gasteiger partial charge in [0.25, 0.3) is 0 Å². The Kier molecular flexibility index (Phi) is 5.67. The van der Waals surface area contributed by atoms with Gasteiger partial charge in [-0.25, -0.2) is 4.39 Å². The van der Waals surface area contributed by atoms with Crippen LogP contribution in [0.1, 0.15) is 30.2 Å². The minimum Gasteiger partial charge on any atom is -0.339 e. The molecule has 0 saturated carbocycles. The fourth-order valence-electron chi connectivity index (χ4n) is 3.61. The summed E-state index contributed by atoms with van der Waals surface area (Å²) in [7, 11) is 0. The van der Waals surface area contributed by atoms with E-state index >= 15 is 0 Å². The van der Waals surface area contributed by atoms with Crippen molar-refractivity contribution in [2.45, 2.75) is 25.7 Å². The molecule has 150 valence electrons. The fourth-order valence-corrected chi connectivity index (χ4v) is 3.61. The Balaban J connectivity index is 1.30. The number of nitrogens with zero attached hydrogens (tertiary/aromatic N) is 3. The van der Waals surface area contributed by atoms with Crippen molar-refractivity contribution in [1.29, 1.82) is 0 Å². The molecular weight excluding hydrogens is 371 g/mol. The lowest BCUT2D eigenvalue weighted by Crippen LogP contribution is -2.38. The maximum Gasteiger partial charge on any atom is 0.238 e. The summed E-state index contributed by atoms with van der Waals surface area (Å²) in [6.07, 6.45) is 1.67. The van der Waals surface area contributed by atoms with Crippen LogP contribution in [0.2, 0.25) is 0 Å². The summed E-state index contributed by atoms with van der Waals surface area (Å²) in [5.74, 6) is 0.791. The summed E-state index contributed by atoms with van der Waals surface area (Å²) in [5, 5.41) is 6.94. The van der Waals surface area contributed by atoms with E-state index in [1.165, 1.54) is 12.1 Å². The topological polar surface area (TPSA) is 71.3 Å². The second kappa shape index (κ2) is 8.53. The van der Waals surface area contributed by atoms with Gasteiger partial charge in [-0.2, -0.15) is 4.98 Å². The number of aromatic nitrogens is 2. The number of rotatable bonds is 5. The van der Waals surface area contributed by atoms with E-state index in [1.54, 1.807) is 12.1 Å². The Bertz CT molecular complexity index is 996. The first-order valence-corrected chi connectivity index (χ1v) is 9.75. The number of piperidine rings is 1. The molecule has 0 radical (unpaired) electrons. The number of halogens is 1. The number of hydrogen-bond donors (Lipinski definition) is 1. The van der Waals surface area contributed by atoms with Crippen LogP contribution in [-0.4, -0.2) is 40.6 Å². The smallest absolute Gasteiger partial charge is 0.238 e. The van der Waals surface area contributed by atoms with Crippen LogP contribution in [0.25, 0.3) is 11.4 Å². The number of likely N-dealkylation sites (tertiary alicyclic amines) is 1. The molecule has 1 fully saturated rings. The maximum absolute atomic E-state index is 13.4. The minimum absolute atomic E-state index is 0.0137. The lowest BCUT2D eigenvalue weighted by molar-refractivity contribution is -0.117. The number of amides is 1. The van der Waals surface area contributed by atoms with Gasteiger partial charge in [-0.05, 0) is 62.7 Å². The van der Waals surface area contributed by atoms with Crippen molar-refractivity contribution in [2.24, 2.45) is 0 Å². The first kappa shape index (κ1) is 19.3. The highest BCUT2D eigenvalue weighted by Gasteiger charge is 2.26. The Hall–Kier alpha value is -3.06. The fraction of sp³-hybridized carbons (Fsp3) is 0.318. The molecule has 0 spiro atoms. The number of hydrogen-bond acceptors (Lipinski definition) is 5. The quantitative estimate of drug-likeness (QED) is 0.708. The van der Waals surface area contributed by atoms with Crippen LogP contribution < -0.4 is 5.32 Å². The van der Waals surface area contributed by atoms with Crippen molar-refractivity contribution in [3.63, 3.8) is 0 Å². The lowest BCUT2D eigenvalue weighted by atomic mass is 9.97. The Morgan fingerprint density at radius 2 is 2.00 bits per heavy atom. The second-order valence-electron chi connectivity index (χ2n) is 7.43. The number of carbonyl (C=O) groups is 1. The zero-order chi connectivity index (χ0) is 20.2. The summed E-state index contributed by atoms with van der Waals surface area (Å²) in [6.45, 7) is 3.92. The third kappa shape index (κ3) is 4.86. The Morgan fingerprint density at radius 1 is 1.21 bits per heavy atom. The molecule has 1 aromatic heterocycles. The summed E-state index contributed by atoms with van der Waals surface area (Å²) >= 11 is 0. The van der Waals surface area contributed by atoms with Crippen molar-refractivity contribution in [2.75, 3.05) is 25.0 Å². The van der Waals surface area contributed by atoms with Gasteiger partial charge in [0, 0.05) is 17.2 Å². The van der Waals surface area contributed by atoms with Gasteiger partial charge in [0.05, 0.1) is 6.54 Å². The Morgan fingerprint density at radius 3 is 2.76 bits per heavy atom. The normalized spacial score (nSPS) is 15.4. The van der Waals surface area contributed by atoms with E-state index in [2.05, 4.69) is 20.4 Å². The maximum atomic E-state index is 13.4. The van der Waals surface area contributed by atoms with Gasteiger partial charge in [0.2, 0.25) is 17.6 Å². The highest BCUT2D eigenvalue weighted by atomic mass is 19.1. The van der Waals surface area contributed by atoms with Crippen molar-refractivity contribution < 1.29 is 13.7 Å². The largest absolute Gasteiger partial charge is 0.339 e. The molecule has 0 unspecified atom stereocenters. The highest BCUT2D eigenvalue weighted by molar-refractivity contribution is 5.92. The van der Waals surface area contributed by atoms with Gasteiger partial charge in [0.15, 0.2) is 0 Å². The first-order valence-electron chi connectivity index (χ1n) is 9.75. The molecule has 6 nitrogen and oxygen atoms in total. The molecule has 1 aliphatic heterocycles. The molecule has 4 rings (SSSR count). The summed E-state index contributed by atoms with van der Waals surface area (Å²) < 4.78 is 18.8. The molecule has 1 saturated heterocycles. The molecule has 29 heavy (non-hydrogen) atoms. The van der Waals surface area contributed by atoms with E-state index in [0.717, 1.165) is 37.2 Å². The molecule has 2 heterocycles. The molecule has 1 amide bonds. The zero-order valence-corrected chi connectivity index (χ0v) is 16.3. The van der Waals surface area contributed by atoms with Gasteiger partial charge < -0.3 is 9.84 Å². The summed E-state index contributed by atoms with van der Waals surface area (Å²) in [6, 6.07) is 13.9. The summed E-state index contributed by atoms with van der Waals surface area (Å²) in [4.78, 5) is 18.9. The number of carbonyl (C=O) groups excluding carboxylic acids is 1. The molecule has 0 bridgehead atoms. The number of aryl methyl sites for hydroxylation is 1. The van der Waals surface area contributed by atoms with Crippen molar-refractivity contribution in [1.82, 2.24) is 15.0 Å². The molecule has 1 N–H and O–H groups in total. The molecule has 7 heteroatoms. The lowest BCUT2D eigenvalue weighted by Gasteiger charge is -2.29.